The topological polar surface area (TPSA) is 116 Å². The zero-order valence-corrected chi connectivity index (χ0v) is 19.5. The number of fused-ring (bicyclic) bond motifs is 1. The smallest absolute Gasteiger partial charge is 0.336 e. The van der Waals surface area contributed by atoms with Gasteiger partial charge in [0, 0.05) is 13.1 Å². The van der Waals surface area contributed by atoms with Crippen LogP contribution in [-0.2, 0) is 6.54 Å². The summed E-state index contributed by atoms with van der Waals surface area (Å²) in [5, 5.41) is 31.3. The van der Waals surface area contributed by atoms with Crippen LogP contribution in [0.1, 0.15) is 28.2 Å². The monoisotopic (exact) mass is 460 g/mol. The fraction of sp³-hybridized carbons (Fsp3) is 0.280. The molecule has 0 spiro atoms. The lowest BCUT2D eigenvalue weighted by atomic mass is 9.99. The van der Waals surface area contributed by atoms with Gasteiger partial charge < -0.3 is 25.0 Å². The van der Waals surface area contributed by atoms with E-state index in [1.165, 1.54) is 0 Å². The molecule has 0 aliphatic rings. The quantitative estimate of drug-likeness (QED) is 0.324. The number of aromatic hydroxyl groups is 1. The van der Waals surface area contributed by atoms with Crippen molar-refractivity contribution in [2.45, 2.75) is 19.9 Å². The van der Waals surface area contributed by atoms with E-state index < -0.39 is 5.97 Å². The second-order valence-corrected chi connectivity index (χ2v) is 8.45. The third-order valence-electron chi connectivity index (χ3n) is 5.68. The second kappa shape index (κ2) is 9.88. The summed E-state index contributed by atoms with van der Waals surface area (Å²) in [6.45, 7) is 4.02. The predicted octanol–water partition coefficient (Wildman–Crippen LogP) is 3.62. The highest BCUT2D eigenvalue weighted by Gasteiger charge is 2.18. The second-order valence-electron chi connectivity index (χ2n) is 8.45. The van der Waals surface area contributed by atoms with E-state index in [2.05, 4.69) is 25.4 Å². The van der Waals surface area contributed by atoms with Crippen molar-refractivity contribution in [1.29, 1.82) is 0 Å². The summed E-state index contributed by atoms with van der Waals surface area (Å²) in [7, 11) is 4.06. The first-order chi connectivity index (χ1) is 16.3. The van der Waals surface area contributed by atoms with Gasteiger partial charge in [0.15, 0.2) is 5.82 Å². The van der Waals surface area contributed by atoms with E-state index >= 15 is 0 Å². The van der Waals surface area contributed by atoms with Gasteiger partial charge in [-0.15, -0.1) is 10.2 Å². The van der Waals surface area contributed by atoms with Crippen molar-refractivity contribution in [3.63, 3.8) is 0 Å². The molecule has 4 aromatic rings. The number of carbonyl (C=O) groups is 1. The molecule has 2 aromatic carbocycles. The van der Waals surface area contributed by atoms with Crippen molar-refractivity contribution in [2.75, 3.05) is 32.5 Å². The van der Waals surface area contributed by atoms with Crippen molar-refractivity contribution in [2.24, 2.45) is 0 Å². The summed E-state index contributed by atoms with van der Waals surface area (Å²) in [6, 6.07) is 14.7. The number of hydrogen-bond acceptors (Lipinski definition) is 7. The van der Waals surface area contributed by atoms with Crippen LogP contribution in [0.3, 0.4) is 0 Å². The van der Waals surface area contributed by atoms with Crippen LogP contribution in [0.15, 0.2) is 48.5 Å². The molecule has 0 saturated heterocycles. The number of nitrogens with one attached hydrogen (secondary N) is 1. The highest BCUT2D eigenvalue weighted by atomic mass is 16.4. The van der Waals surface area contributed by atoms with E-state index in [1.807, 2.05) is 55.9 Å². The zero-order chi connectivity index (χ0) is 24.2. The van der Waals surface area contributed by atoms with E-state index in [9.17, 15) is 15.0 Å². The molecular weight excluding hydrogens is 432 g/mol. The van der Waals surface area contributed by atoms with Gasteiger partial charge in [0.05, 0.1) is 5.56 Å². The van der Waals surface area contributed by atoms with Crippen LogP contribution in [0.5, 0.6) is 5.88 Å². The minimum Gasteiger partial charge on any atom is -0.491 e. The SMILES string of the molecule is Cc1nc2c(NCCCN(C)C)nnc(O)c2n1Cc1ccc(-c2ccccc2C(=O)O)cc1. The molecule has 0 unspecified atom stereocenters. The molecular formula is C25H28N6O3. The van der Waals surface area contributed by atoms with Gasteiger partial charge in [-0.25, -0.2) is 9.78 Å². The van der Waals surface area contributed by atoms with Crippen molar-refractivity contribution in [3.05, 3.63) is 65.5 Å². The van der Waals surface area contributed by atoms with E-state index in [1.54, 1.807) is 18.2 Å². The molecule has 0 saturated carbocycles. The summed E-state index contributed by atoms with van der Waals surface area (Å²) < 4.78 is 1.91. The molecule has 0 radical (unpaired) electrons. The fourth-order valence-corrected chi connectivity index (χ4v) is 3.96. The van der Waals surface area contributed by atoms with Crippen LogP contribution >= 0.6 is 0 Å². The number of carboxylic acids is 1. The molecule has 2 heterocycles. The molecule has 2 aromatic heterocycles. The maximum absolute atomic E-state index is 11.6. The summed E-state index contributed by atoms with van der Waals surface area (Å²) >= 11 is 0. The lowest BCUT2D eigenvalue weighted by molar-refractivity contribution is 0.0697. The number of rotatable bonds is 9. The standard InChI is InChI=1S/C25H28N6O3/c1-16-27-21-22(24(32)29-28-23(21)26-13-6-14-30(2)3)31(16)15-17-9-11-18(12-10-17)19-7-4-5-8-20(19)25(33)34/h4-5,7-12H,6,13-15H2,1-3H3,(H,26,28)(H,29,32)(H,33,34). The van der Waals surface area contributed by atoms with Gasteiger partial charge in [-0.1, -0.05) is 42.5 Å². The van der Waals surface area contributed by atoms with Crippen molar-refractivity contribution >= 4 is 22.8 Å². The number of carboxylic acid groups (broad SMARTS) is 1. The van der Waals surface area contributed by atoms with Crippen LogP contribution in [0.4, 0.5) is 5.82 Å². The van der Waals surface area contributed by atoms with Gasteiger partial charge >= 0.3 is 5.97 Å². The third kappa shape index (κ3) is 4.84. The van der Waals surface area contributed by atoms with E-state index in [-0.39, 0.29) is 11.4 Å². The third-order valence-corrected chi connectivity index (χ3v) is 5.68. The Morgan fingerprint density at radius 1 is 1.09 bits per heavy atom. The number of hydrogen-bond donors (Lipinski definition) is 3. The van der Waals surface area contributed by atoms with Gasteiger partial charge in [0.1, 0.15) is 16.9 Å². The van der Waals surface area contributed by atoms with Crippen molar-refractivity contribution < 1.29 is 15.0 Å². The van der Waals surface area contributed by atoms with Crippen molar-refractivity contribution in [3.8, 4) is 17.0 Å². The minimum absolute atomic E-state index is 0.165. The number of benzene rings is 2. The van der Waals surface area contributed by atoms with Crippen LogP contribution in [0, 0.1) is 6.92 Å². The highest BCUT2D eigenvalue weighted by molar-refractivity contribution is 5.96. The lowest BCUT2D eigenvalue weighted by Gasteiger charge is -2.11. The molecule has 0 amide bonds. The van der Waals surface area contributed by atoms with Crippen LogP contribution in [-0.4, -0.2) is 68.0 Å². The Labute approximate surface area is 197 Å². The van der Waals surface area contributed by atoms with E-state index in [0.717, 1.165) is 36.5 Å². The number of imidazole rings is 1. The Bertz CT molecular complexity index is 1310. The first-order valence-corrected chi connectivity index (χ1v) is 11.1. The largest absolute Gasteiger partial charge is 0.491 e. The average molecular weight is 461 g/mol. The molecule has 9 heteroatoms. The first-order valence-electron chi connectivity index (χ1n) is 11.1. The van der Waals surface area contributed by atoms with Crippen LogP contribution in [0.25, 0.3) is 22.2 Å². The van der Waals surface area contributed by atoms with Gasteiger partial charge in [-0.05, 0) is 56.7 Å². The zero-order valence-electron chi connectivity index (χ0n) is 19.5. The van der Waals surface area contributed by atoms with Gasteiger partial charge in [-0.3, -0.25) is 0 Å². The average Bonchev–Trinajstić information content (AvgIpc) is 3.15. The number of aromatic carboxylic acids is 1. The molecule has 0 aliphatic heterocycles. The van der Waals surface area contributed by atoms with Gasteiger partial charge in [-0.2, -0.15) is 0 Å². The Morgan fingerprint density at radius 3 is 2.53 bits per heavy atom. The molecule has 4 rings (SSSR count). The number of aromatic nitrogens is 4. The Morgan fingerprint density at radius 2 is 1.82 bits per heavy atom. The fourth-order valence-electron chi connectivity index (χ4n) is 3.96. The Hall–Kier alpha value is -3.98. The minimum atomic E-state index is -0.956. The summed E-state index contributed by atoms with van der Waals surface area (Å²) in [5.41, 5.74) is 3.86. The summed E-state index contributed by atoms with van der Waals surface area (Å²) in [5.74, 6) is 0.162. The highest BCUT2D eigenvalue weighted by Crippen LogP contribution is 2.29. The molecule has 0 bridgehead atoms. The molecule has 34 heavy (non-hydrogen) atoms. The Balaban J connectivity index is 1.60. The molecule has 176 valence electrons. The van der Waals surface area contributed by atoms with E-state index in [0.29, 0.717) is 29.0 Å². The molecule has 9 nitrogen and oxygen atoms in total. The van der Waals surface area contributed by atoms with Gasteiger partial charge in [0.2, 0.25) is 0 Å². The molecule has 0 fully saturated rings. The summed E-state index contributed by atoms with van der Waals surface area (Å²) in [6.07, 6.45) is 0.939. The summed E-state index contributed by atoms with van der Waals surface area (Å²) in [4.78, 5) is 18.3. The Kier molecular flexibility index (Phi) is 6.74. The molecule has 0 atom stereocenters. The maximum Gasteiger partial charge on any atom is 0.336 e. The lowest BCUT2D eigenvalue weighted by Crippen LogP contribution is -2.16. The van der Waals surface area contributed by atoms with E-state index in [4.69, 9.17) is 0 Å². The normalized spacial score (nSPS) is 11.3. The maximum atomic E-state index is 11.6. The first kappa shape index (κ1) is 23.2. The van der Waals surface area contributed by atoms with Crippen LogP contribution < -0.4 is 5.32 Å². The molecule has 3 N–H and O–H groups in total. The molecule has 0 aliphatic carbocycles. The number of aryl methyl sites for hydroxylation is 1. The number of anilines is 1. The van der Waals surface area contributed by atoms with Crippen molar-refractivity contribution in [1.82, 2.24) is 24.6 Å². The number of nitrogens with zero attached hydrogens (tertiary/aromatic N) is 5. The van der Waals surface area contributed by atoms with Crippen LogP contribution in [0.2, 0.25) is 0 Å². The predicted molar refractivity (Wildman–Crippen MR) is 131 cm³/mol. The van der Waals surface area contributed by atoms with Gasteiger partial charge in [0.25, 0.3) is 5.88 Å².